The smallest absolute Gasteiger partial charge is 0.343 e. The molecule has 31 heavy (non-hydrogen) atoms. The fourth-order valence-corrected chi connectivity index (χ4v) is 3.10. The largest absolute Gasteiger partial charge is 0.482 e. The molecule has 0 saturated heterocycles. The fourth-order valence-electron chi connectivity index (χ4n) is 3.10. The van der Waals surface area contributed by atoms with Gasteiger partial charge in [-0.15, -0.1) is 0 Å². The van der Waals surface area contributed by atoms with Crippen molar-refractivity contribution in [3.05, 3.63) is 76.9 Å². The molecule has 0 N–H and O–H groups in total. The first kappa shape index (κ1) is 21.8. The van der Waals surface area contributed by atoms with Gasteiger partial charge in [-0.05, 0) is 55.0 Å². The summed E-state index contributed by atoms with van der Waals surface area (Å²) in [5.41, 5.74) is 1.69. The molecule has 0 fully saturated rings. The van der Waals surface area contributed by atoms with Crippen molar-refractivity contribution in [1.82, 2.24) is 0 Å². The molecule has 8 heteroatoms. The quantitative estimate of drug-likeness (QED) is 0.399. The molecule has 0 bridgehead atoms. The summed E-state index contributed by atoms with van der Waals surface area (Å²) in [7, 11) is 2.47. The van der Waals surface area contributed by atoms with Crippen LogP contribution in [-0.4, -0.2) is 38.5 Å². The van der Waals surface area contributed by atoms with Gasteiger partial charge in [-0.25, -0.2) is 14.0 Å². The van der Waals surface area contributed by atoms with Crippen LogP contribution in [0.4, 0.5) is 10.1 Å². The van der Waals surface area contributed by atoms with Crippen LogP contribution in [0.2, 0.25) is 0 Å². The molecule has 0 aromatic heterocycles. The predicted octanol–water partition coefficient (Wildman–Crippen LogP) is 3.25. The summed E-state index contributed by atoms with van der Waals surface area (Å²) >= 11 is 0. The number of Topliss-reactive ketones (excluding diaryl/α,β-unsaturated/α-hetero) is 1. The summed E-state index contributed by atoms with van der Waals surface area (Å²) in [5.74, 6) is -1.72. The monoisotopic (exact) mass is 425 g/mol. The second-order valence-corrected chi connectivity index (χ2v) is 6.56. The van der Waals surface area contributed by atoms with E-state index in [1.165, 1.54) is 38.5 Å². The number of allylic oxidation sites excluding steroid dienone is 2. The topological polar surface area (TPSA) is 82.1 Å². The molecule has 2 aromatic carbocycles. The highest BCUT2D eigenvalue weighted by Gasteiger charge is 2.38. The van der Waals surface area contributed by atoms with Crippen LogP contribution in [0.25, 0.3) is 6.08 Å². The summed E-state index contributed by atoms with van der Waals surface area (Å²) in [6.45, 7) is 1.40. The molecular weight excluding hydrogens is 405 g/mol. The highest BCUT2D eigenvalue weighted by molar-refractivity contribution is 6.30. The van der Waals surface area contributed by atoms with Gasteiger partial charge in [-0.1, -0.05) is 12.1 Å². The Kier molecular flexibility index (Phi) is 6.49. The summed E-state index contributed by atoms with van der Waals surface area (Å²) in [6.07, 6.45) is 1.61. The number of hydrogen-bond acceptors (Lipinski definition) is 7. The van der Waals surface area contributed by atoms with Crippen LogP contribution in [0.5, 0.6) is 5.75 Å². The van der Waals surface area contributed by atoms with Gasteiger partial charge in [0.2, 0.25) is 5.78 Å². The number of rotatable bonds is 6. The van der Waals surface area contributed by atoms with Crippen LogP contribution < -0.4 is 9.64 Å². The first-order chi connectivity index (χ1) is 14.8. The molecule has 3 rings (SSSR count). The molecule has 0 atom stereocenters. The van der Waals surface area contributed by atoms with Crippen LogP contribution >= 0.6 is 0 Å². The lowest BCUT2D eigenvalue weighted by atomic mass is 10.1. The Morgan fingerprint density at radius 3 is 2.23 bits per heavy atom. The Balaban J connectivity index is 1.96. The molecule has 0 spiro atoms. The lowest BCUT2D eigenvalue weighted by Gasteiger charge is -2.21. The van der Waals surface area contributed by atoms with Crippen LogP contribution in [0.3, 0.4) is 0 Å². The number of anilines is 1. The maximum absolute atomic E-state index is 13.4. The molecule has 1 aliphatic heterocycles. The molecular formula is C23H20FNO6. The fraction of sp³-hybridized carbons (Fsp3) is 0.174. The number of ether oxygens (including phenoxy) is 3. The van der Waals surface area contributed by atoms with Crippen molar-refractivity contribution >= 4 is 29.5 Å². The number of carbonyl (C=O) groups excluding carboxylic acids is 3. The number of carbonyl (C=O) groups is 3. The van der Waals surface area contributed by atoms with Crippen LogP contribution in [0.15, 0.2) is 65.5 Å². The van der Waals surface area contributed by atoms with E-state index < -0.39 is 23.5 Å². The van der Waals surface area contributed by atoms with E-state index in [1.807, 2.05) is 0 Å². The van der Waals surface area contributed by atoms with E-state index in [0.29, 0.717) is 22.7 Å². The molecule has 2 aromatic rings. The molecule has 0 saturated carbocycles. The summed E-state index contributed by atoms with van der Waals surface area (Å²) in [6, 6.07) is 12.2. The van der Waals surface area contributed by atoms with Gasteiger partial charge in [0.05, 0.1) is 19.9 Å². The van der Waals surface area contributed by atoms with Crippen molar-refractivity contribution in [2.24, 2.45) is 0 Å². The third-order valence-electron chi connectivity index (χ3n) is 4.64. The number of halogens is 1. The van der Waals surface area contributed by atoms with E-state index in [2.05, 4.69) is 4.74 Å². The lowest BCUT2D eigenvalue weighted by molar-refractivity contribution is -0.143. The van der Waals surface area contributed by atoms with Gasteiger partial charge in [0.25, 0.3) is 0 Å². The van der Waals surface area contributed by atoms with Crippen molar-refractivity contribution in [1.29, 1.82) is 0 Å². The highest BCUT2D eigenvalue weighted by atomic mass is 19.1. The van der Waals surface area contributed by atoms with Crippen molar-refractivity contribution in [2.75, 3.05) is 25.7 Å². The summed E-state index contributed by atoms with van der Waals surface area (Å²) in [5, 5.41) is 0. The summed E-state index contributed by atoms with van der Waals surface area (Å²) in [4.78, 5) is 38.0. The van der Waals surface area contributed by atoms with E-state index in [0.717, 1.165) is 0 Å². The van der Waals surface area contributed by atoms with Gasteiger partial charge in [0.1, 0.15) is 17.1 Å². The van der Waals surface area contributed by atoms with E-state index in [4.69, 9.17) is 9.47 Å². The van der Waals surface area contributed by atoms with Gasteiger partial charge in [0, 0.05) is 11.4 Å². The minimum absolute atomic E-state index is 0.0869. The third kappa shape index (κ3) is 4.63. The van der Waals surface area contributed by atoms with Gasteiger partial charge in [-0.2, -0.15) is 0 Å². The molecule has 0 amide bonds. The van der Waals surface area contributed by atoms with Crippen LogP contribution in [-0.2, 0) is 23.9 Å². The number of methoxy groups -OCH3 is 2. The molecule has 0 radical (unpaired) electrons. The van der Waals surface area contributed by atoms with Crippen LogP contribution in [0, 0.1) is 5.82 Å². The predicted molar refractivity (Wildman–Crippen MR) is 111 cm³/mol. The maximum atomic E-state index is 13.4. The Hall–Kier alpha value is -3.94. The van der Waals surface area contributed by atoms with Gasteiger partial charge >= 0.3 is 11.9 Å². The molecule has 7 nitrogen and oxygen atoms in total. The number of nitrogens with zero attached hydrogens (tertiary/aromatic N) is 1. The number of esters is 2. The average Bonchev–Trinajstić information content (AvgIpc) is 3.02. The number of ketones is 1. The second-order valence-electron chi connectivity index (χ2n) is 6.56. The van der Waals surface area contributed by atoms with E-state index in [-0.39, 0.29) is 17.9 Å². The Labute approximate surface area is 178 Å². The molecule has 160 valence electrons. The third-order valence-corrected chi connectivity index (χ3v) is 4.64. The molecule has 1 aliphatic rings. The molecule has 1 heterocycles. The van der Waals surface area contributed by atoms with E-state index in [9.17, 15) is 18.8 Å². The van der Waals surface area contributed by atoms with E-state index >= 15 is 0 Å². The standard InChI is InChI=1S/C23H20FNO6/c1-14-21(23(28)30-3)22(27)19(25(14)17-8-6-16(24)7-9-17)12-15-4-10-18(11-5-15)31-13-20(26)29-2/h4-12H,13H2,1-3H3. The van der Waals surface area contributed by atoms with Gasteiger partial charge in [-0.3, -0.25) is 4.79 Å². The van der Waals surface area contributed by atoms with Gasteiger partial charge < -0.3 is 19.1 Å². The van der Waals surface area contributed by atoms with Crippen LogP contribution in [0.1, 0.15) is 12.5 Å². The van der Waals surface area contributed by atoms with Crippen molar-refractivity contribution < 1.29 is 33.0 Å². The highest BCUT2D eigenvalue weighted by Crippen LogP contribution is 2.35. The Bertz CT molecular complexity index is 1070. The zero-order valence-corrected chi connectivity index (χ0v) is 17.2. The molecule has 0 unspecified atom stereocenters. The summed E-state index contributed by atoms with van der Waals surface area (Å²) < 4.78 is 28.0. The normalized spacial score (nSPS) is 14.8. The lowest BCUT2D eigenvalue weighted by Crippen LogP contribution is -2.18. The second kappa shape index (κ2) is 9.25. The van der Waals surface area contributed by atoms with Crippen molar-refractivity contribution in [3.63, 3.8) is 0 Å². The van der Waals surface area contributed by atoms with Crippen molar-refractivity contribution in [3.8, 4) is 5.75 Å². The first-order valence-electron chi connectivity index (χ1n) is 9.26. The number of benzene rings is 2. The van der Waals surface area contributed by atoms with Crippen molar-refractivity contribution in [2.45, 2.75) is 6.92 Å². The zero-order valence-electron chi connectivity index (χ0n) is 17.2. The molecule has 0 aliphatic carbocycles. The van der Waals surface area contributed by atoms with Gasteiger partial charge in [0.15, 0.2) is 6.61 Å². The minimum atomic E-state index is -0.746. The Morgan fingerprint density at radius 1 is 1.00 bits per heavy atom. The minimum Gasteiger partial charge on any atom is -0.482 e. The number of hydrogen-bond donors (Lipinski definition) is 0. The maximum Gasteiger partial charge on any atom is 0.343 e. The zero-order chi connectivity index (χ0) is 22.5. The Morgan fingerprint density at radius 2 is 1.65 bits per heavy atom. The average molecular weight is 425 g/mol. The first-order valence-corrected chi connectivity index (χ1v) is 9.26. The van der Waals surface area contributed by atoms with E-state index in [1.54, 1.807) is 42.2 Å². The SMILES string of the molecule is COC(=O)COc1ccc(C=C2C(=O)C(C(=O)OC)=C(C)N2c2ccc(F)cc2)cc1.